The highest BCUT2D eigenvalue weighted by molar-refractivity contribution is 6.06. The van der Waals surface area contributed by atoms with Gasteiger partial charge in [0.05, 0.1) is 18.4 Å². The van der Waals surface area contributed by atoms with Crippen LogP contribution in [0.25, 0.3) is 0 Å². The van der Waals surface area contributed by atoms with Crippen LogP contribution >= 0.6 is 0 Å². The Hall–Kier alpha value is -3.16. The summed E-state index contributed by atoms with van der Waals surface area (Å²) in [7, 11) is 0. The first-order chi connectivity index (χ1) is 14.5. The molecule has 8 heteroatoms. The number of nitrogens with zero attached hydrogens (tertiary/aromatic N) is 2. The average Bonchev–Trinajstić information content (AvgIpc) is 3.42. The predicted molar refractivity (Wildman–Crippen MR) is 112 cm³/mol. The third-order valence-corrected chi connectivity index (χ3v) is 6.16. The first kappa shape index (κ1) is 20.1. The molecule has 3 aliphatic rings. The molecule has 1 saturated carbocycles. The van der Waals surface area contributed by atoms with Gasteiger partial charge in [-0.25, -0.2) is 4.99 Å². The lowest BCUT2D eigenvalue weighted by molar-refractivity contribution is -0.140. The zero-order valence-electron chi connectivity index (χ0n) is 17.0. The molecule has 1 saturated heterocycles. The monoisotopic (exact) mass is 409 g/mol. The summed E-state index contributed by atoms with van der Waals surface area (Å²) >= 11 is 0. The van der Waals surface area contributed by atoms with Crippen molar-refractivity contribution in [2.45, 2.75) is 19.9 Å². The first-order valence-electron chi connectivity index (χ1n) is 10.4. The Morgan fingerprint density at radius 3 is 2.50 bits per heavy atom. The predicted octanol–water partition coefficient (Wildman–Crippen LogP) is 0.648. The second-order valence-electron chi connectivity index (χ2n) is 8.01. The van der Waals surface area contributed by atoms with E-state index in [1.54, 1.807) is 18.2 Å². The number of rotatable bonds is 7. The summed E-state index contributed by atoms with van der Waals surface area (Å²) in [6, 6.07) is 7.04. The van der Waals surface area contributed by atoms with Gasteiger partial charge in [0.2, 0.25) is 17.7 Å². The van der Waals surface area contributed by atoms with E-state index in [1.807, 2.05) is 13.0 Å². The molecular formula is C22H27N5O3. The van der Waals surface area contributed by atoms with Crippen molar-refractivity contribution in [2.24, 2.45) is 34.4 Å². The lowest BCUT2D eigenvalue weighted by Gasteiger charge is -2.18. The second kappa shape index (κ2) is 8.30. The van der Waals surface area contributed by atoms with E-state index < -0.39 is 5.91 Å². The average molecular weight is 409 g/mol. The smallest absolute Gasteiger partial charge is 0.248 e. The van der Waals surface area contributed by atoms with E-state index in [4.69, 9.17) is 5.73 Å². The van der Waals surface area contributed by atoms with Gasteiger partial charge in [-0.2, -0.15) is 0 Å². The van der Waals surface area contributed by atoms with Crippen molar-refractivity contribution >= 4 is 23.7 Å². The van der Waals surface area contributed by atoms with Gasteiger partial charge in [0.1, 0.15) is 0 Å². The number of likely N-dealkylation sites (tertiary alicyclic amines) is 1. The summed E-state index contributed by atoms with van der Waals surface area (Å²) in [5.74, 6) is 0.178. The van der Waals surface area contributed by atoms with Gasteiger partial charge >= 0.3 is 0 Å². The molecule has 2 bridgehead atoms. The summed E-state index contributed by atoms with van der Waals surface area (Å²) in [5, 5.41) is 6.34. The maximum atomic E-state index is 12.7. The van der Waals surface area contributed by atoms with Gasteiger partial charge in [0.25, 0.3) is 0 Å². The van der Waals surface area contributed by atoms with Crippen molar-refractivity contribution in [2.75, 3.05) is 19.6 Å². The number of benzene rings is 1. The number of allylic oxidation sites excluding steroid dienone is 2. The van der Waals surface area contributed by atoms with Crippen LogP contribution in [0.3, 0.4) is 0 Å². The zero-order valence-corrected chi connectivity index (χ0v) is 17.0. The summed E-state index contributed by atoms with van der Waals surface area (Å²) in [4.78, 5) is 42.8. The Morgan fingerprint density at radius 2 is 1.87 bits per heavy atom. The van der Waals surface area contributed by atoms with Crippen molar-refractivity contribution in [1.82, 2.24) is 15.5 Å². The minimum Gasteiger partial charge on any atom is -0.366 e. The molecule has 0 radical (unpaired) electrons. The lowest BCUT2D eigenvalue weighted by Crippen LogP contribution is -2.43. The number of imide groups is 1. The molecule has 2 aliphatic carbocycles. The summed E-state index contributed by atoms with van der Waals surface area (Å²) < 4.78 is 0. The van der Waals surface area contributed by atoms with Crippen LogP contribution in [0.2, 0.25) is 0 Å². The van der Waals surface area contributed by atoms with E-state index in [0.29, 0.717) is 37.7 Å². The fourth-order valence-corrected chi connectivity index (χ4v) is 4.81. The quantitative estimate of drug-likeness (QED) is 0.265. The molecule has 3 amide bonds. The van der Waals surface area contributed by atoms with Crippen LogP contribution in [0, 0.1) is 23.7 Å². The van der Waals surface area contributed by atoms with Crippen LogP contribution in [0.4, 0.5) is 0 Å². The lowest BCUT2D eigenvalue weighted by atomic mass is 9.85. The van der Waals surface area contributed by atoms with Crippen LogP contribution < -0.4 is 16.4 Å². The van der Waals surface area contributed by atoms with Gasteiger partial charge in [-0.15, -0.1) is 0 Å². The van der Waals surface area contributed by atoms with Crippen LogP contribution in [-0.4, -0.2) is 48.2 Å². The maximum absolute atomic E-state index is 12.7. The normalized spacial score (nSPS) is 27.0. The molecule has 1 aromatic rings. The van der Waals surface area contributed by atoms with Gasteiger partial charge in [-0.3, -0.25) is 19.3 Å². The molecule has 1 aromatic carbocycles. The molecule has 0 spiro atoms. The van der Waals surface area contributed by atoms with Gasteiger partial charge in [-0.1, -0.05) is 24.3 Å². The Bertz CT molecular complexity index is 895. The topological polar surface area (TPSA) is 117 Å². The number of nitrogens with one attached hydrogen (secondary N) is 2. The molecule has 2 fully saturated rings. The minimum atomic E-state index is -0.473. The molecule has 4 unspecified atom stereocenters. The Balaban J connectivity index is 1.34. The van der Waals surface area contributed by atoms with E-state index in [1.165, 1.54) is 4.90 Å². The van der Waals surface area contributed by atoms with Crippen LogP contribution in [0.15, 0.2) is 41.4 Å². The van der Waals surface area contributed by atoms with Gasteiger partial charge < -0.3 is 16.4 Å². The number of primary amides is 1. The molecule has 4 rings (SSSR count). The number of amides is 3. The highest BCUT2D eigenvalue weighted by atomic mass is 16.2. The summed E-state index contributed by atoms with van der Waals surface area (Å²) in [5.41, 5.74) is 6.64. The van der Waals surface area contributed by atoms with Crippen molar-refractivity contribution in [1.29, 1.82) is 0 Å². The van der Waals surface area contributed by atoms with Crippen molar-refractivity contribution < 1.29 is 14.4 Å². The Kier molecular flexibility index (Phi) is 5.57. The summed E-state index contributed by atoms with van der Waals surface area (Å²) in [6.07, 6.45) is 5.14. The van der Waals surface area contributed by atoms with Gasteiger partial charge in [-0.05, 0) is 42.9 Å². The Labute approximate surface area is 175 Å². The van der Waals surface area contributed by atoms with E-state index in [2.05, 4.69) is 27.8 Å². The molecule has 158 valence electrons. The summed E-state index contributed by atoms with van der Waals surface area (Å²) in [6.45, 7) is 3.76. The number of aliphatic imine (C=N–C) groups is 1. The fourth-order valence-electron chi connectivity index (χ4n) is 4.81. The third kappa shape index (κ3) is 3.69. The van der Waals surface area contributed by atoms with E-state index in [9.17, 15) is 14.4 Å². The van der Waals surface area contributed by atoms with Crippen molar-refractivity contribution in [3.05, 3.63) is 47.5 Å². The number of carbonyl (C=O) groups excluding carboxylic acids is 3. The Morgan fingerprint density at radius 1 is 1.17 bits per heavy atom. The molecule has 4 atom stereocenters. The van der Waals surface area contributed by atoms with E-state index >= 15 is 0 Å². The number of fused-ring (bicyclic) bond motifs is 5. The maximum Gasteiger partial charge on any atom is 0.248 e. The molecule has 30 heavy (non-hydrogen) atoms. The fraction of sp³-hybridized carbons (Fsp3) is 0.455. The highest BCUT2D eigenvalue weighted by Gasteiger charge is 2.58. The van der Waals surface area contributed by atoms with Gasteiger partial charge in [0, 0.05) is 25.2 Å². The van der Waals surface area contributed by atoms with Crippen LogP contribution in [0.1, 0.15) is 29.3 Å². The molecule has 0 aromatic heterocycles. The zero-order chi connectivity index (χ0) is 21.3. The number of hydrogen-bond acceptors (Lipinski definition) is 4. The van der Waals surface area contributed by atoms with Crippen molar-refractivity contribution in [3.8, 4) is 0 Å². The SMILES string of the molecule is CCNC(=NCc1cccc(C(N)=O)c1)NCCN1C(=O)C2C3C=CC(C3)C2C1=O. The number of guanidine groups is 1. The van der Waals surface area contributed by atoms with Crippen LogP contribution in [0.5, 0.6) is 0 Å². The van der Waals surface area contributed by atoms with Crippen LogP contribution in [-0.2, 0) is 16.1 Å². The molecule has 4 N–H and O–H groups in total. The molecule has 1 aliphatic heterocycles. The number of nitrogens with two attached hydrogens (primary N) is 1. The second-order valence-corrected chi connectivity index (χ2v) is 8.01. The molecular weight excluding hydrogens is 382 g/mol. The minimum absolute atomic E-state index is 0.0335. The highest BCUT2D eigenvalue weighted by Crippen LogP contribution is 2.52. The molecule has 1 heterocycles. The van der Waals surface area contributed by atoms with Gasteiger partial charge in [0.15, 0.2) is 5.96 Å². The van der Waals surface area contributed by atoms with E-state index in [0.717, 1.165) is 12.0 Å². The largest absolute Gasteiger partial charge is 0.366 e. The van der Waals surface area contributed by atoms with E-state index in [-0.39, 0.29) is 35.5 Å². The molecule has 8 nitrogen and oxygen atoms in total. The van der Waals surface area contributed by atoms with Crippen molar-refractivity contribution in [3.63, 3.8) is 0 Å². The number of hydrogen-bond donors (Lipinski definition) is 3. The third-order valence-electron chi connectivity index (χ3n) is 6.16. The first-order valence-corrected chi connectivity index (χ1v) is 10.4. The standard InChI is InChI=1S/C22H27N5O3/c1-2-24-22(26-12-13-4-3-5-16(10-13)19(23)28)25-8-9-27-20(29)17-14-6-7-15(11-14)18(17)21(27)30/h3-7,10,14-15,17-18H,2,8-9,11-12H2,1H3,(H2,23,28)(H2,24,25,26). The number of carbonyl (C=O) groups is 3.